The average Bonchev–Trinajstić information content (AvgIpc) is 2.70. The summed E-state index contributed by atoms with van der Waals surface area (Å²) in [6, 6.07) is 8.33. The minimum absolute atomic E-state index is 0.302. The SMILES string of the molecule is Cc1noc(C)c1CB1C=Cc2ccccc2N1. The highest BCUT2D eigenvalue weighted by atomic mass is 16.5. The van der Waals surface area contributed by atoms with Gasteiger partial charge in [0.2, 0.25) is 0 Å². The van der Waals surface area contributed by atoms with E-state index < -0.39 is 0 Å². The van der Waals surface area contributed by atoms with E-state index in [4.69, 9.17) is 4.52 Å². The van der Waals surface area contributed by atoms with Crippen molar-refractivity contribution in [2.45, 2.75) is 20.2 Å². The number of nitrogens with one attached hydrogen (secondary N) is 1. The molecule has 1 aromatic heterocycles. The molecule has 0 saturated carbocycles. The van der Waals surface area contributed by atoms with Crippen LogP contribution in [0.3, 0.4) is 0 Å². The fraction of sp³-hybridized carbons (Fsp3) is 0.214. The number of hydrogen-bond donors (Lipinski definition) is 1. The summed E-state index contributed by atoms with van der Waals surface area (Å²) in [5.74, 6) is 3.12. The lowest BCUT2D eigenvalue weighted by Crippen LogP contribution is -2.28. The number of fused-ring (bicyclic) bond motifs is 1. The monoisotopic (exact) mass is 238 g/mol. The van der Waals surface area contributed by atoms with Gasteiger partial charge in [-0.3, -0.25) is 0 Å². The van der Waals surface area contributed by atoms with Crippen LogP contribution in [-0.2, 0) is 6.32 Å². The van der Waals surface area contributed by atoms with Gasteiger partial charge in [0.25, 0.3) is 6.85 Å². The summed E-state index contributed by atoms with van der Waals surface area (Å²) >= 11 is 0. The smallest absolute Gasteiger partial charge is 0.283 e. The Morgan fingerprint density at radius 2 is 2.11 bits per heavy atom. The zero-order chi connectivity index (χ0) is 12.5. The second-order valence-corrected chi connectivity index (χ2v) is 4.70. The van der Waals surface area contributed by atoms with E-state index in [-0.39, 0.29) is 0 Å². The lowest BCUT2D eigenvalue weighted by atomic mass is 9.55. The summed E-state index contributed by atoms with van der Waals surface area (Å²) in [5, 5.41) is 7.53. The summed E-state index contributed by atoms with van der Waals surface area (Å²) in [4.78, 5) is 0. The van der Waals surface area contributed by atoms with Crippen molar-refractivity contribution < 1.29 is 4.52 Å². The third-order valence-electron chi connectivity index (χ3n) is 3.42. The molecular weight excluding hydrogens is 223 g/mol. The molecule has 3 nitrogen and oxygen atoms in total. The van der Waals surface area contributed by atoms with E-state index in [0.717, 1.165) is 17.8 Å². The summed E-state index contributed by atoms with van der Waals surface area (Å²) in [7, 11) is 0. The van der Waals surface area contributed by atoms with E-state index in [9.17, 15) is 0 Å². The van der Waals surface area contributed by atoms with Gasteiger partial charge in [-0.2, -0.15) is 0 Å². The molecule has 1 aromatic carbocycles. The standard InChI is InChI=1S/C14H15BN2O/c1-10-13(11(2)18-17-10)9-15-8-7-12-5-3-4-6-14(12)16-15/h3-8,16H,9H2,1-2H3. The Labute approximate surface area is 107 Å². The van der Waals surface area contributed by atoms with E-state index in [0.29, 0.717) is 6.85 Å². The van der Waals surface area contributed by atoms with Crippen LogP contribution in [0.25, 0.3) is 6.08 Å². The number of para-hydroxylation sites is 1. The largest absolute Gasteiger partial charge is 0.424 e. The number of aryl methyl sites for hydroxylation is 2. The predicted octanol–water partition coefficient (Wildman–Crippen LogP) is 3.04. The fourth-order valence-electron chi connectivity index (χ4n) is 2.37. The highest BCUT2D eigenvalue weighted by Crippen LogP contribution is 2.23. The Balaban J connectivity index is 1.82. The van der Waals surface area contributed by atoms with Gasteiger partial charge in [-0.25, -0.2) is 0 Å². The van der Waals surface area contributed by atoms with Gasteiger partial charge >= 0.3 is 0 Å². The van der Waals surface area contributed by atoms with E-state index in [1.165, 1.54) is 16.8 Å². The van der Waals surface area contributed by atoms with Crippen molar-refractivity contribution >= 4 is 18.6 Å². The molecule has 0 spiro atoms. The lowest BCUT2D eigenvalue weighted by Gasteiger charge is -2.19. The van der Waals surface area contributed by atoms with Gasteiger partial charge in [-0.05, 0) is 31.8 Å². The molecule has 3 rings (SSSR count). The highest BCUT2D eigenvalue weighted by molar-refractivity contribution is 6.68. The molecule has 1 aliphatic rings. The van der Waals surface area contributed by atoms with Gasteiger partial charge in [0, 0.05) is 11.3 Å². The topological polar surface area (TPSA) is 38.1 Å². The quantitative estimate of drug-likeness (QED) is 0.817. The maximum Gasteiger partial charge on any atom is 0.283 e. The molecule has 1 N–H and O–H groups in total. The van der Waals surface area contributed by atoms with Crippen LogP contribution in [0.4, 0.5) is 5.69 Å². The first-order valence-corrected chi connectivity index (χ1v) is 6.19. The molecule has 0 atom stereocenters. The minimum atomic E-state index is 0.302. The van der Waals surface area contributed by atoms with Crippen molar-refractivity contribution in [2.24, 2.45) is 0 Å². The maximum absolute atomic E-state index is 5.20. The second kappa shape index (κ2) is 4.37. The van der Waals surface area contributed by atoms with Crippen LogP contribution in [0.5, 0.6) is 0 Å². The van der Waals surface area contributed by atoms with Crippen molar-refractivity contribution in [3.8, 4) is 0 Å². The van der Waals surface area contributed by atoms with Gasteiger partial charge < -0.3 is 9.75 Å². The van der Waals surface area contributed by atoms with E-state index in [1.807, 2.05) is 13.8 Å². The van der Waals surface area contributed by atoms with Gasteiger partial charge in [-0.1, -0.05) is 35.4 Å². The molecule has 2 heterocycles. The van der Waals surface area contributed by atoms with Crippen LogP contribution in [0.15, 0.2) is 34.8 Å². The van der Waals surface area contributed by atoms with Crippen molar-refractivity contribution in [1.29, 1.82) is 0 Å². The first kappa shape index (κ1) is 11.1. The molecular formula is C14H15BN2O. The third-order valence-corrected chi connectivity index (χ3v) is 3.42. The summed E-state index contributed by atoms with van der Waals surface area (Å²) < 4.78 is 5.20. The van der Waals surface area contributed by atoms with Crippen molar-refractivity contribution in [1.82, 2.24) is 5.16 Å². The Kier molecular flexibility index (Phi) is 2.71. The van der Waals surface area contributed by atoms with Crippen LogP contribution in [0.1, 0.15) is 22.6 Å². The highest BCUT2D eigenvalue weighted by Gasteiger charge is 2.20. The molecule has 0 bridgehead atoms. The van der Waals surface area contributed by atoms with Crippen molar-refractivity contribution in [3.05, 3.63) is 52.8 Å². The van der Waals surface area contributed by atoms with Gasteiger partial charge in [-0.15, -0.1) is 0 Å². The molecule has 2 aromatic rings. The molecule has 4 heteroatoms. The van der Waals surface area contributed by atoms with E-state index in [2.05, 4.69) is 46.7 Å². The molecule has 90 valence electrons. The Bertz CT molecular complexity index is 584. The first-order valence-electron chi connectivity index (χ1n) is 6.19. The zero-order valence-electron chi connectivity index (χ0n) is 10.6. The molecule has 0 saturated heterocycles. The number of hydrogen-bond acceptors (Lipinski definition) is 3. The van der Waals surface area contributed by atoms with Gasteiger partial charge in [0.05, 0.1) is 5.69 Å². The zero-order valence-corrected chi connectivity index (χ0v) is 10.6. The van der Waals surface area contributed by atoms with E-state index in [1.54, 1.807) is 0 Å². The van der Waals surface area contributed by atoms with Crippen LogP contribution in [0, 0.1) is 13.8 Å². The van der Waals surface area contributed by atoms with Gasteiger partial charge in [0.15, 0.2) is 0 Å². The number of anilines is 1. The number of aromatic nitrogens is 1. The molecule has 0 aliphatic carbocycles. The summed E-state index contributed by atoms with van der Waals surface area (Å²) in [6.07, 6.45) is 3.08. The normalized spacial score (nSPS) is 13.3. The number of rotatable bonds is 2. The van der Waals surface area contributed by atoms with Gasteiger partial charge in [0.1, 0.15) is 5.76 Å². The Hall–Kier alpha value is -1.97. The first-order chi connectivity index (χ1) is 8.74. The van der Waals surface area contributed by atoms with Crippen LogP contribution in [0.2, 0.25) is 0 Å². The summed E-state index contributed by atoms with van der Waals surface area (Å²) in [6.45, 7) is 4.26. The van der Waals surface area contributed by atoms with Crippen LogP contribution < -0.4 is 5.23 Å². The third kappa shape index (κ3) is 1.94. The average molecular weight is 238 g/mol. The lowest BCUT2D eigenvalue weighted by molar-refractivity contribution is 0.392. The second-order valence-electron chi connectivity index (χ2n) is 4.70. The van der Waals surface area contributed by atoms with E-state index >= 15 is 0 Å². The number of benzene rings is 1. The van der Waals surface area contributed by atoms with Crippen LogP contribution in [-0.4, -0.2) is 12.0 Å². The molecule has 18 heavy (non-hydrogen) atoms. The fourth-order valence-corrected chi connectivity index (χ4v) is 2.37. The molecule has 1 aliphatic heterocycles. The minimum Gasteiger partial charge on any atom is -0.424 e. The molecule has 0 amide bonds. The predicted molar refractivity (Wildman–Crippen MR) is 74.5 cm³/mol. The Morgan fingerprint density at radius 3 is 2.89 bits per heavy atom. The van der Waals surface area contributed by atoms with Crippen molar-refractivity contribution in [3.63, 3.8) is 0 Å². The van der Waals surface area contributed by atoms with Crippen LogP contribution >= 0.6 is 0 Å². The molecule has 0 unspecified atom stereocenters. The Morgan fingerprint density at radius 1 is 1.28 bits per heavy atom. The van der Waals surface area contributed by atoms with Crippen molar-refractivity contribution in [2.75, 3.05) is 5.23 Å². The number of nitrogens with zero attached hydrogens (tertiary/aromatic N) is 1. The molecule has 0 radical (unpaired) electrons. The summed E-state index contributed by atoms with van der Waals surface area (Å²) in [5.41, 5.74) is 4.63. The molecule has 0 fully saturated rings. The maximum atomic E-state index is 5.20.